The van der Waals surface area contributed by atoms with Crippen molar-refractivity contribution in [2.24, 2.45) is 5.10 Å². The van der Waals surface area contributed by atoms with Crippen LogP contribution in [-0.2, 0) is 11.2 Å². The van der Waals surface area contributed by atoms with E-state index >= 15 is 0 Å². The second-order valence-corrected chi connectivity index (χ2v) is 10.5. The van der Waals surface area contributed by atoms with Gasteiger partial charge in [-0.25, -0.2) is 4.79 Å². The number of anilines is 1. The summed E-state index contributed by atoms with van der Waals surface area (Å²) in [5.74, 6) is 0.0179. The van der Waals surface area contributed by atoms with Crippen LogP contribution >= 0.6 is 11.8 Å². The van der Waals surface area contributed by atoms with E-state index in [4.69, 9.17) is 9.47 Å². The fraction of sp³-hybridized carbons (Fsp3) is 0.429. The number of carbonyl (C=O) groups excluding carboxylic acids is 3. The van der Waals surface area contributed by atoms with Gasteiger partial charge in [0, 0.05) is 24.3 Å². The first kappa shape index (κ1) is 28.4. The normalized spacial score (nSPS) is 17.1. The predicted molar refractivity (Wildman–Crippen MR) is 151 cm³/mol. The molecule has 0 saturated heterocycles. The van der Waals surface area contributed by atoms with E-state index in [1.165, 1.54) is 19.2 Å². The molecule has 0 fully saturated rings. The van der Waals surface area contributed by atoms with Crippen LogP contribution in [0.1, 0.15) is 48.7 Å². The van der Waals surface area contributed by atoms with E-state index in [1.807, 2.05) is 39.0 Å². The summed E-state index contributed by atoms with van der Waals surface area (Å²) >= 11 is 1.02. The number of carbonyl (C=O) groups is 3. The number of imide groups is 1. The van der Waals surface area contributed by atoms with Gasteiger partial charge in [-0.05, 0) is 74.3 Å². The van der Waals surface area contributed by atoms with Crippen LogP contribution in [0.2, 0.25) is 0 Å². The number of methoxy groups -OCH3 is 1. The van der Waals surface area contributed by atoms with Crippen LogP contribution in [0.15, 0.2) is 41.5 Å². The largest absolute Gasteiger partial charge is 0.504 e. The number of ether oxygens (including phenoxy) is 2. The summed E-state index contributed by atoms with van der Waals surface area (Å²) in [6.45, 7) is 8.94. The quantitative estimate of drug-likeness (QED) is 0.498. The molecule has 2 heterocycles. The van der Waals surface area contributed by atoms with E-state index in [0.717, 1.165) is 59.5 Å². The molecule has 1 atom stereocenters. The molecule has 2 aliphatic rings. The van der Waals surface area contributed by atoms with Crippen molar-refractivity contribution in [3.63, 3.8) is 0 Å². The fourth-order valence-corrected chi connectivity index (χ4v) is 5.50. The molecule has 1 N–H and O–H groups in total. The monoisotopic (exact) mass is 554 g/mol. The Hall–Kier alpha value is -3.57. The number of thioether (sulfide) groups is 1. The molecule has 0 aliphatic carbocycles. The smallest absolute Gasteiger partial charge is 0.438 e. The van der Waals surface area contributed by atoms with Gasteiger partial charge >= 0.3 is 11.3 Å². The highest BCUT2D eigenvalue weighted by Gasteiger charge is 2.34. The predicted octanol–water partition coefficient (Wildman–Crippen LogP) is 4.73. The summed E-state index contributed by atoms with van der Waals surface area (Å²) < 4.78 is 10.5. The topological polar surface area (TPSA) is 112 Å². The van der Waals surface area contributed by atoms with Gasteiger partial charge in [-0.1, -0.05) is 31.7 Å². The Balaban J connectivity index is 1.55. The van der Waals surface area contributed by atoms with E-state index in [-0.39, 0.29) is 29.3 Å². The second kappa shape index (κ2) is 12.5. The van der Waals surface area contributed by atoms with Crippen LogP contribution in [0.25, 0.3) is 0 Å². The number of rotatable bonds is 8. The van der Waals surface area contributed by atoms with Crippen LogP contribution in [-0.4, -0.2) is 83.1 Å². The van der Waals surface area contributed by atoms with Gasteiger partial charge in [-0.2, -0.15) is 5.10 Å². The van der Waals surface area contributed by atoms with E-state index in [0.29, 0.717) is 24.4 Å². The molecule has 11 heteroatoms. The minimum absolute atomic E-state index is 0.0294. The zero-order chi connectivity index (χ0) is 28.1. The standard InChI is InChI=1S/C28H34N4O6S/c1-5-30(6-2)14-15-38-27(35)32-28(36)39-18(3)25(29-32)20-9-11-22-19(16-20)8-7-13-31(22)26(34)21-10-12-23(33)24(17-21)37-4/h9-12,16-18,33H,5-8,13-15H2,1-4H3. The van der Waals surface area contributed by atoms with Crippen LogP contribution in [0, 0.1) is 0 Å². The van der Waals surface area contributed by atoms with Gasteiger partial charge in [0.1, 0.15) is 6.61 Å². The van der Waals surface area contributed by atoms with Gasteiger partial charge in [-0.15, -0.1) is 5.01 Å². The maximum Gasteiger partial charge on any atom is 0.438 e. The number of fused-ring (bicyclic) bond motifs is 1. The molecular formula is C28H34N4O6S. The van der Waals surface area contributed by atoms with Crippen LogP contribution in [0.5, 0.6) is 11.5 Å². The van der Waals surface area contributed by atoms with Crippen molar-refractivity contribution in [3.05, 3.63) is 53.1 Å². The lowest BCUT2D eigenvalue weighted by Gasteiger charge is -2.31. The number of nitrogens with zero attached hydrogens (tertiary/aromatic N) is 4. The molecule has 2 aromatic rings. The summed E-state index contributed by atoms with van der Waals surface area (Å²) in [4.78, 5) is 42.5. The molecule has 4 rings (SSSR count). The Morgan fingerprint density at radius 3 is 2.67 bits per heavy atom. The number of phenolic OH excluding ortho intramolecular Hbond substituents is 1. The molecule has 0 radical (unpaired) electrons. The number of hydrogen-bond acceptors (Lipinski definition) is 9. The summed E-state index contributed by atoms with van der Waals surface area (Å²) in [6, 6.07) is 10.3. The summed E-state index contributed by atoms with van der Waals surface area (Å²) in [5.41, 5.74) is 3.56. The molecule has 2 aromatic carbocycles. The number of phenols is 1. The van der Waals surface area contributed by atoms with Gasteiger partial charge in [0.2, 0.25) is 0 Å². The van der Waals surface area contributed by atoms with Gasteiger partial charge in [0.05, 0.1) is 18.1 Å². The fourth-order valence-electron chi connectivity index (χ4n) is 4.69. The van der Waals surface area contributed by atoms with Gasteiger partial charge in [-0.3, -0.25) is 9.59 Å². The first-order valence-electron chi connectivity index (χ1n) is 13.1. The first-order chi connectivity index (χ1) is 18.8. The summed E-state index contributed by atoms with van der Waals surface area (Å²) in [6.07, 6.45) is 0.761. The van der Waals surface area contributed by atoms with Gasteiger partial charge < -0.3 is 24.4 Å². The lowest BCUT2D eigenvalue weighted by Crippen LogP contribution is -2.39. The number of hydrogen-bond donors (Lipinski definition) is 1. The summed E-state index contributed by atoms with van der Waals surface area (Å²) in [5, 5.41) is 14.4. The van der Waals surface area contributed by atoms with Crippen molar-refractivity contribution in [2.75, 3.05) is 44.8 Å². The molecule has 3 amide bonds. The van der Waals surface area contributed by atoms with E-state index in [2.05, 4.69) is 10.0 Å². The molecule has 2 aliphatic heterocycles. The van der Waals surface area contributed by atoms with Crippen LogP contribution < -0.4 is 9.64 Å². The molecular weight excluding hydrogens is 520 g/mol. The Morgan fingerprint density at radius 1 is 1.18 bits per heavy atom. The number of benzene rings is 2. The van der Waals surface area contributed by atoms with E-state index in [1.54, 1.807) is 11.0 Å². The van der Waals surface area contributed by atoms with Crippen molar-refractivity contribution in [3.8, 4) is 11.5 Å². The molecule has 0 spiro atoms. The highest BCUT2D eigenvalue weighted by molar-refractivity contribution is 8.14. The number of aryl methyl sites for hydroxylation is 1. The first-order valence-corrected chi connectivity index (χ1v) is 14.0. The molecule has 10 nitrogen and oxygen atoms in total. The molecule has 0 saturated carbocycles. The Bertz CT molecular complexity index is 1280. The zero-order valence-corrected chi connectivity index (χ0v) is 23.5. The SMILES string of the molecule is CCN(CC)CCOC(=O)N1N=C(c2ccc3c(c2)CCCN3C(=O)c2ccc(O)c(OC)c2)C(C)SC1=O. The molecule has 0 aromatic heterocycles. The summed E-state index contributed by atoms with van der Waals surface area (Å²) in [7, 11) is 1.44. The number of likely N-dealkylation sites (N-methyl/N-ethyl adjacent to an activating group) is 1. The molecule has 39 heavy (non-hydrogen) atoms. The molecule has 1 unspecified atom stereocenters. The maximum absolute atomic E-state index is 13.4. The van der Waals surface area contributed by atoms with Crippen molar-refractivity contribution in [1.82, 2.24) is 9.91 Å². The van der Waals surface area contributed by atoms with Crippen molar-refractivity contribution < 1.29 is 29.0 Å². The third-order valence-electron chi connectivity index (χ3n) is 6.91. The van der Waals surface area contributed by atoms with Crippen LogP contribution in [0.4, 0.5) is 15.3 Å². The van der Waals surface area contributed by atoms with Crippen LogP contribution in [0.3, 0.4) is 0 Å². The third-order valence-corrected chi connectivity index (χ3v) is 7.86. The van der Waals surface area contributed by atoms with Crippen molar-refractivity contribution in [2.45, 2.75) is 38.9 Å². The average Bonchev–Trinajstić information content (AvgIpc) is 2.94. The van der Waals surface area contributed by atoms with E-state index in [9.17, 15) is 19.5 Å². The zero-order valence-electron chi connectivity index (χ0n) is 22.7. The van der Waals surface area contributed by atoms with Crippen molar-refractivity contribution in [1.29, 1.82) is 0 Å². The van der Waals surface area contributed by atoms with E-state index < -0.39 is 11.3 Å². The van der Waals surface area contributed by atoms with Crippen molar-refractivity contribution >= 4 is 40.4 Å². The number of hydrazone groups is 1. The van der Waals surface area contributed by atoms with Gasteiger partial charge in [0.15, 0.2) is 11.5 Å². The lowest BCUT2D eigenvalue weighted by molar-refractivity contribution is 0.0983. The molecule has 208 valence electrons. The maximum atomic E-state index is 13.4. The molecule has 0 bridgehead atoms. The van der Waals surface area contributed by atoms with Gasteiger partial charge in [0.25, 0.3) is 5.91 Å². The highest BCUT2D eigenvalue weighted by Crippen LogP contribution is 2.34. The highest BCUT2D eigenvalue weighted by atomic mass is 32.2. The average molecular weight is 555 g/mol. The Labute approximate surface area is 232 Å². The number of aromatic hydroxyl groups is 1. The lowest BCUT2D eigenvalue weighted by atomic mass is 9.96. The number of amides is 3. The Kier molecular flexibility index (Phi) is 9.13. The second-order valence-electron chi connectivity index (χ2n) is 9.25. The third kappa shape index (κ3) is 6.20. The minimum Gasteiger partial charge on any atom is -0.504 e. The minimum atomic E-state index is -0.789. The Morgan fingerprint density at radius 2 is 1.95 bits per heavy atom.